The van der Waals surface area contributed by atoms with Gasteiger partial charge >= 0.3 is 11.7 Å². The van der Waals surface area contributed by atoms with E-state index in [2.05, 4.69) is 10.3 Å². The fourth-order valence-electron chi connectivity index (χ4n) is 1.86. The molecule has 1 aromatic rings. The lowest BCUT2D eigenvalue weighted by Crippen LogP contribution is -2.52. The topological polar surface area (TPSA) is 131 Å². The van der Waals surface area contributed by atoms with Crippen molar-refractivity contribution >= 4 is 23.3 Å². The molecule has 8 heteroatoms. The van der Waals surface area contributed by atoms with Gasteiger partial charge in [-0.05, 0) is 25.3 Å². The molecule has 1 saturated carbocycles. The summed E-state index contributed by atoms with van der Waals surface area (Å²) in [5.74, 6) is -0.947. The SMILES string of the molecule is Nc1nc(NC2(C(=O)O)CCC2)ccc1[N+](=O)[O-]. The summed E-state index contributed by atoms with van der Waals surface area (Å²) in [6.07, 6.45) is 1.82. The van der Waals surface area contributed by atoms with Crippen LogP contribution >= 0.6 is 0 Å². The van der Waals surface area contributed by atoms with Gasteiger partial charge in [0.1, 0.15) is 11.4 Å². The molecule has 0 amide bonds. The number of nitrogens with zero attached hydrogens (tertiary/aromatic N) is 2. The standard InChI is InChI=1S/C10H12N4O4/c11-8-6(14(17)18)2-3-7(12-8)13-10(9(15)16)4-1-5-10/h2-3H,1,4-5H2,(H,15,16)(H3,11,12,13). The van der Waals surface area contributed by atoms with Gasteiger partial charge in [0.25, 0.3) is 0 Å². The van der Waals surface area contributed by atoms with Crippen LogP contribution in [-0.2, 0) is 4.79 Å². The van der Waals surface area contributed by atoms with E-state index < -0.39 is 16.4 Å². The lowest BCUT2D eigenvalue weighted by Gasteiger charge is -2.38. The summed E-state index contributed by atoms with van der Waals surface area (Å²) in [6, 6.07) is 2.57. The summed E-state index contributed by atoms with van der Waals surface area (Å²) in [5, 5.41) is 22.5. The molecule has 1 fully saturated rings. The Hall–Kier alpha value is -2.38. The molecule has 96 valence electrons. The number of pyridine rings is 1. The van der Waals surface area contributed by atoms with Crippen molar-refractivity contribution in [2.24, 2.45) is 0 Å². The Labute approximate surface area is 102 Å². The minimum absolute atomic E-state index is 0.232. The zero-order valence-corrected chi connectivity index (χ0v) is 9.42. The Morgan fingerprint density at radius 3 is 2.61 bits per heavy atom. The lowest BCUT2D eigenvalue weighted by molar-refractivity contribution is -0.384. The van der Waals surface area contributed by atoms with Gasteiger partial charge in [-0.2, -0.15) is 0 Å². The highest BCUT2D eigenvalue weighted by Crippen LogP contribution is 2.35. The average Bonchev–Trinajstić information content (AvgIpc) is 2.22. The van der Waals surface area contributed by atoms with Crippen LogP contribution in [0.1, 0.15) is 19.3 Å². The van der Waals surface area contributed by atoms with Gasteiger partial charge in [-0.15, -0.1) is 0 Å². The van der Waals surface area contributed by atoms with E-state index in [1.807, 2.05) is 0 Å². The Bertz CT molecular complexity index is 513. The van der Waals surface area contributed by atoms with Crippen LogP contribution in [0.2, 0.25) is 0 Å². The Balaban J connectivity index is 2.23. The van der Waals surface area contributed by atoms with Crippen LogP contribution in [0.4, 0.5) is 17.3 Å². The predicted octanol–water partition coefficient (Wildman–Crippen LogP) is 0.991. The Kier molecular flexibility index (Phi) is 2.77. The van der Waals surface area contributed by atoms with Gasteiger partial charge in [0, 0.05) is 6.07 Å². The number of nitro groups is 1. The monoisotopic (exact) mass is 252 g/mol. The van der Waals surface area contributed by atoms with Gasteiger partial charge in [0.15, 0.2) is 0 Å². The van der Waals surface area contributed by atoms with Crippen molar-refractivity contribution < 1.29 is 14.8 Å². The second-order valence-corrected chi connectivity index (χ2v) is 4.22. The van der Waals surface area contributed by atoms with Crippen molar-refractivity contribution in [2.45, 2.75) is 24.8 Å². The number of carboxylic acids is 1. The highest BCUT2D eigenvalue weighted by molar-refractivity contribution is 5.83. The maximum atomic E-state index is 11.1. The number of rotatable bonds is 4. The lowest BCUT2D eigenvalue weighted by atomic mass is 9.77. The number of nitrogen functional groups attached to an aromatic ring is 1. The molecule has 0 unspecified atom stereocenters. The van der Waals surface area contributed by atoms with Gasteiger partial charge in [-0.3, -0.25) is 10.1 Å². The zero-order valence-electron chi connectivity index (χ0n) is 9.42. The number of nitrogens with one attached hydrogen (secondary N) is 1. The van der Waals surface area contributed by atoms with E-state index in [1.54, 1.807) is 0 Å². The number of anilines is 2. The zero-order chi connectivity index (χ0) is 13.3. The van der Waals surface area contributed by atoms with E-state index in [-0.39, 0.29) is 17.3 Å². The molecule has 2 rings (SSSR count). The Morgan fingerprint density at radius 2 is 2.22 bits per heavy atom. The summed E-state index contributed by atoms with van der Waals surface area (Å²) >= 11 is 0. The fraction of sp³-hybridized carbons (Fsp3) is 0.400. The first-order valence-electron chi connectivity index (χ1n) is 5.37. The number of carboxylic acid groups (broad SMARTS) is 1. The van der Waals surface area contributed by atoms with Crippen molar-refractivity contribution in [3.8, 4) is 0 Å². The fourth-order valence-corrected chi connectivity index (χ4v) is 1.86. The van der Waals surface area contributed by atoms with Crippen molar-refractivity contribution in [3.05, 3.63) is 22.2 Å². The largest absolute Gasteiger partial charge is 0.480 e. The first kappa shape index (κ1) is 12.1. The predicted molar refractivity (Wildman–Crippen MR) is 63.1 cm³/mol. The minimum Gasteiger partial charge on any atom is -0.480 e. The molecule has 1 aromatic heterocycles. The Morgan fingerprint density at radius 1 is 1.56 bits per heavy atom. The van der Waals surface area contributed by atoms with Gasteiger partial charge in [-0.1, -0.05) is 0 Å². The summed E-state index contributed by atoms with van der Waals surface area (Å²) in [7, 11) is 0. The van der Waals surface area contributed by atoms with E-state index in [1.165, 1.54) is 12.1 Å². The van der Waals surface area contributed by atoms with E-state index in [0.717, 1.165) is 6.42 Å². The number of hydrogen-bond acceptors (Lipinski definition) is 6. The van der Waals surface area contributed by atoms with Gasteiger partial charge in [0.05, 0.1) is 4.92 Å². The quantitative estimate of drug-likeness (QED) is 0.537. The second-order valence-electron chi connectivity index (χ2n) is 4.22. The van der Waals surface area contributed by atoms with E-state index in [9.17, 15) is 14.9 Å². The second kappa shape index (κ2) is 4.13. The molecular formula is C10H12N4O4. The molecule has 0 aliphatic heterocycles. The van der Waals surface area contributed by atoms with Crippen molar-refractivity contribution in [3.63, 3.8) is 0 Å². The molecule has 4 N–H and O–H groups in total. The van der Waals surface area contributed by atoms with E-state index in [4.69, 9.17) is 10.8 Å². The number of aromatic nitrogens is 1. The first-order chi connectivity index (χ1) is 8.44. The first-order valence-corrected chi connectivity index (χ1v) is 5.37. The average molecular weight is 252 g/mol. The molecule has 1 aliphatic carbocycles. The van der Waals surface area contributed by atoms with Gasteiger partial charge in [0.2, 0.25) is 5.82 Å². The number of nitrogens with two attached hydrogens (primary N) is 1. The molecule has 1 aliphatic rings. The molecule has 0 spiro atoms. The van der Waals surface area contributed by atoms with Crippen LogP contribution in [0.25, 0.3) is 0 Å². The summed E-state index contributed by atoms with van der Waals surface area (Å²) in [5.41, 5.74) is 4.13. The van der Waals surface area contributed by atoms with Crippen molar-refractivity contribution in [1.29, 1.82) is 0 Å². The van der Waals surface area contributed by atoms with Crippen LogP contribution < -0.4 is 11.1 Å². The van der Waals surface area contributed by atoms with Gasteiger partial charge in [-0.25, -0.2) is 9.78 Å². The van der Waals surface area contributed by atoms with Crippen LogP contribution in [0.3, 0.4) is 0 Å². The molecule has 0 atom stereocenters. The summed E-state index contributed by atoms with van der Waals surface area (Å²) in [6.45, 7) is 0. The molecule has 0 radical (unpaired) electrons. The number of aliphatic carboxylic acids is 1. The molecule has 0 aromatic carbocycles. The molecule has 18 heavy (non-hydrogen) atoms. The highest BCUT2D eigenvalue weighted by atomic mass is 16.6. The third-order valence-electron chi connectivity index (χ3n) is 3.08. The molecule has 0 bridgehead atoms. The van der Waals surface area contributed by atoms with E-state index >= 15 is 0 Å². The molecule has 1 heterocycles. The number of hydrogen-bond donors (Lipinski definition) is 3. The molecule has 8 nitrogen and oxygen atoms in total. The minimum atomic E-state index is -1.02. The molecule has 0 saturated heterocycles. The van der Waals surface area contributed by atoms with E-state index in [0.29, 0.717) is 12.8 Å². The highest BCUT2D eigenvalue weighted by Gasteiger charge is 2.44. The number of carbonyl (C=O) groups is 1. The third-order valence-corrected chi connectivity index (χ3v) is 3.08. The van der Waals surface area contributed by atoms with Crippen molar-refractivity contribution in [1.82, 2.24) is 4.98 Å². The van der Waals surface area contributed by atoms with Crippen LogP contribution in [-0.4, -0.2) is 26.5 Å². The summed E-state index contributed by atoms with van der Waals surface area (Å²) < 4.78 is 0. The molecular weight excluding hydrogens is 240 g/mol. The maximum Gasteiger partial charge on any atom is 0.329 e. The third kappa shape index (κ3) is 1.92. The summed E-state index contributed by atoms with van der Waals surface area (Å²) in [4.78, 5) is 24.9. The van der Waals surface area contributed by atoms with Crippen LogP contribution in [0, 0.1) is 10.1 Å². The smallest absolute Gasteiger partial charge is 0.329 e. The van der Waals surface area contributed by atoms with Gasteiger partial charge < -0.3 is 16.2 Å². The normalized spacial score (nSPS) is 16.7. The maximum absolute atomic E-state index is 11.1. The van der Waals surface area contributed by atoms with Crippen LogP contribution in [0.5, 0.6) is 0 Å². The van der Waals surface area contributed by atoms with Crippen molar-refractivity contribution in [2.75, 3.05) is 11.1 Å². The van der Waals surface area contributed by atoms with Crippen LogP contribution in [0.15, 0.2) is 12.1 Å².